The average molecular weight is 410 g/mol. The van der Waals surface area contributed by atoms with Crippen LogP contribution in [-0.2, 0) is 19.1 Å². The molecule has 0 fully saturated rings. The Hall–Kier alpha value is -3.35. The SMILES string of the molecule is CCC[C@H](NC(=O)COC(=O)CCN1C(=O)COc2ccccc21)c1ccccc1. The van der Waals surface area contributed by atoms with Crippen LogP contribution in [0.1, 0.15) is 37.8 Å². The van der Waals surface area contributed by atoms with Crippen LogP contribution < -0.4 is 15.0 Å². The quantitative estimate of drug-likeness (QED) is 0.643. The van der Waals surface area contributed by atoms with Crippen molar-refractivity contribution >= 4 is 23.5 Å². The molecule has 1 aliphatic heterocycles. The fourth-order valence-electron chi connectivity index (χ4n) is 3.35. The van der Waals surface area contributed by atoms with Gasteiger partial charge in [0.1, 0.15) is 5.75 Å². The number of hydrogen-bond acceptors (Lipinski definition) is 5. The lowest BCUT2D eigenvalue weighted by Crippen LogP contribution is -2.40. The Bertz CT molecular complexity index is 884. The minimum absolute atomic E-state index is 0.00950. The number of amides is 2. The number of fused-ring (bicyclic) bond motifs is 1. The highest BCUT2D eigenvalue weighted by atomic mass is 16.5. The number of ether oxygens (including phenoxy) is 2. The number of rotatable bonds is 9. The second-order valence-corrected chi connectivity index (χ2v) is 7.03. The molecule has 0 radical (unpaired) electrons. The van der Waals surface area contributed by atoms with E-state index in [9.17, 15) is 14.4 Å². The summed E-state index contributed by atoms with van der Waals surface area (Å²) in [6.45, 7) is 1.81. The molecule has 0 spiro atoms. The van der Waals surface area contributed by atoms with Gasteiger partial charge in [-0.2, -0.15) is 0 Å². The number of carbonyl (C=O) groups is 3. The third-order valence-corrected chi connectivity index (χ3v) is 4.83. The van der Waals surface area contributed by atoms with Gasteiger partial charge in [-0.15, -0.1) is 0 Å². The van der Waals surface area contributed by atoms with E-state index in [1.54, 1.807) is 18.2 Å². The topological polar surface area (TPSA) is 84.9 Å². The first-order chi connectivity index (χ1) is 14.6. The Balaban J connectivity index is 1.47. The summed E-state index contributed by atoms with van der Waals surface area (Å²) >= 11 is 0. The van der Waals surface area contributed by atoms with Gasteiger partial charge in [0.2, 0.25) is 0 Å². The number of esters is 1. The van der Waals surface area contributed by atoms with Crippen molar-refractivity contribution in [3.05, 3.63) is 60.2 Å². The van der Waals surface area contributed by atoms with Gasteiger partial charge in [0.25, 0.3) is 11.8 Å². The molecule has 1 N–H and O–H groups in total. The molecule has 1 aliphatic rings. The van der Waals surface area contributed by atoms with Gasteiger partial charge < -0.3 is 19.7 Å². The average Bonchev–Trinajstić information content (AvgIpc) is 2.77. The predicted octanol–water partition coefficient (Wildman–Crippen LogP) is 3.00. The van der Waals surface area contributed by atoms with Crippen LogP contribution in [0.4, 0.5) is 5.69 Å². The largest absolute Gasteiger partial charge is 0.482 e. The Labute approximate surface area is 176 Å². The number of carbonyl (C=O) groups excluding carboxylic acids is 3. The molecule has 2 aromatic carbocycles. The molecule has 0 saturated heterocycles. The predicted molar refractivity (Wildman–Crippen MR) is 112 cm³/mol. The first kappa shape index (κ1) is 21.4. The van der Waals surface area contributed by atoms with Crippen LogP contribution in [0.15, 0.2) is 54.6 Å². The smallest absolute Gasteiger partial charge is 0.308 e. The molecule has 0 bridgehead atoms. The number of hydrogen-bond donors (Lipinski definition) is 1. The molecule has 0 aromatic heterocycles. The maximum Gasteiger partial charge on any atom is 0.308 e. The Morgan fingerprint density at radius 2 is 1.87 bits per heavy atom. The maximum absolute atomic E-state index is 12.3. The van der Waals surface area contributed by atoms with Crippen LogP contribution in [-0.4, -0.2) is 37.5 Å². The van der Waals surface area contributed by atoms with E-state index < -0.39 is 5.97 Å². The molecule has 0 aliphatic carbocycles. The van der Waals surface area contributed by atoms with E-state index >= 15 is 0 Å². The van der Waals surface area contributed by atoms with Gasteiger partial charge in [-0.25, -0.2) is 0 Å². The van der Waals surface area contributed by atoms with Crippen molar-refractivity contribution in [2.24, 2.45) is 0 Å². The standard InChI is InChI=1S/C23H26N2O5/c1-2-8-18(17-9-4-3-5-10-17)24-21(26)15-30-23(28)13-14-25-19-11-6-7-12-20(19)29-16-22(25)27/h3-7,9-12,18H,2,8,13-16H2,1H3,(H,24,26)/t18-/m0/s1. The zero-order chi connectivity index (χ0) is 21.3. The molecule has 0 unspecified atom stereocenters. The Morgan fingerprint density at radius 3 is 2.63 bits per heavy atom. The van der Waals surface area contributed by atoms with Crippen LogP contribution in [0.25, 0.3) is 0 Å². The summed E-state index contributed by atoms with van der Waals surface area (Å²) in [6, 6.07) is 16.7. The fraction of sp³-hybridized carbons (Fsp3) is 0.348. The zero-order valence-corrected chi connectivity index (χ0v) is 17.0. The van der Waals surface area contributed by atoms with E-state index in [1.165, 1.54) is 4.90 Å². The summed E-state index contributed by atoms with van der Waals surface area (Å²) in [5.74, 6) is -0.496. The highest BCUT2D eigenvalue weighted by molar-refractivity contribution is 5.98. The molecule has 0 saturated carbocycles. The lowest BCUT2D eigenvalue weighted by Gasteiger charge is -2.28. The van der Waals surface area contributed by atoms with E-state index in [4.69, 9.17) is 9.47 Å². The van der Waals surface area contributed by atoms with E-state index in [0.29, 0.717) is 11.4 Å². The Morgan fingerprint density at radius 1 is 1.13 bits per heavy atom. The van der Waals surface area contributed by atoms with E-state index in [1.807, 2.05) is 43.3 Å². The van der Waals surface area contributed by atoms with Crippen LogP contribution in [0.3, 0.4) is 0 Å². The highest BCUT2D eigenvalue weighted by Crippen LogP contribution is 2.31. The lowest BCUT2D eigenvalue weighted by molar-refractivity contribution is -0.148. The molecule has 3 rings (SSSR count). The monoisotopic (exact) mass is 410 g/mol. The summed E-state index contributed by atoms with van der Waals surface area (Å²) in [5.41, 5.74) is 1.65. The molecule has 158 valence electrons. The van der Waals surface area contributed by atoms with Gasteiger partial charge in [-0.1, -0.05) is 55.8 Å². The van der Waals surface area contributed by atoms with Crippen molar-refractivity contribution in [3.63, 3.8) is 0 Å². The first-order valence-corrected chi connectivity index (χ1v) is 10.1. The van der Waals surface area contributed by atoms with Crippen LogP contribution in [0.5, 0.6) is 5.75 Å². The second kappa shape index (κ2) is 10.4. The van der Waals surface area contributed by atoms with Gasteiger partial charge in [-0.3, -0.25) is 14.4 Å². The van der Waals surface area contributed by atoms with Crippen LogP contribution in [0.2, 0.25) is 0 Å². The maximum atomic E-state index is 12.3. The molecule has 30 heavy (non-hydrogen) atoms. The summed E-state index contributed by atoms with van der Waals surface area (Å²) < 4.78 is 10.5. The number of para-hydroxylation sites is 2. The highest BCUT2D eigenvalue weighted by Gasteiger charge is 2.25. The van der Waals surface area contributed by atoms with Crippen molar-refractivity contribution < 1.29 is 23.9 Å². The fourth-order valence-corrected chi connectivity index (χ4v) is 3.35. The minimum atomic E-state index is -0.534. The molecule has 2 aromatic rings. The van der Waals surface area contributed by atoms with Crippen molar-refractivity contribution in [1.82, 2.24) is 5.32 Å². The number of nitrogens with one attached hydrogen (secondary N) is 1. The molecule has 1 atom stereocenters. The molecule has 7 heteroatoms. The summed E-state index contributed by atoms with van der Waals surface area (Å²) in [6.07, 6.45) is 1.70. The minimum Gasteiger partial charge on any atom is -0.482 e. The second-order valence-electron chi connectivity index (χ2n) is 7.03. The zero-order valence-electron chi connectivity index (χ0n) is 17.0. The number of benzene rings is 2. The summed E-state index contributed by atoms with van der Waals surface area (Å²) in [4.78, 5) is 38.0. The molecule has 1 heterocycles. The normalized spacial score (nSPS) is 13.8. The van der Waals surface area contributed by atoms with Gasteiger partial charge in [-0.05, 0) is 24.1 Å². The van der Waals surface area contributed by atoms with Crippen LogP contribution in [0, 0.1) is 0 Å². The van der Waals surface area contributed by atoms with Gasteiger partial charge >= 0.3 is 5.97 Å². The third kappa shape index (κ3) is 5.59. The molecular weight excluding hydrogens is 384 g/mol. The van der Waals surface area contributed by atoms with Crippen molar-refractivity contribution in [2.45, 2.75) is 32.2 Å². The third-order valence-electron chi connectivity index (χ3n) is 4.83. The Kier molecular flexibility index (Phi) is 7.43. The summed E-state index contributed by atoms with van der Waals surface area (Å²) in [5, 5.41) is 2.92. The van der Waals surface area contributed by atoms with Gasteiger partial charge in [0.05, 0.1) is 18.2 Å². The van der Waals surface area contributed by atoms with E-state index in [0.717, 1.165) is 18.4 Å². The summed E-state index contributed by atoms with van der Waals surface area (Å²) in [7, 11) is 0. The number of nitrogens with zero attached hydrogens (tertiary/aromatic N) is 1. The van der Waals surface area contributed by atoms with Crippen molar-refractivity contribution in [2.75, 3.05) is 24.7 Å². The van der Waals surface area contributed by atoms with Gasteiger partial charge in [0.15, 0.2) is 13.2 Å². The van der Waals surface area contributed by atoms with Crippen molar-refractivity contribution in [3.8, 4) is 5.75 Å². The van der Waals surface area contributed by atoms with Gasteiger partial charge in [0, 0.05) is 6.54 Å². The molecular formula is C23H26N2O5. The number of anilines is 1. The lowest BCUT2D eigenvalue weighted by atomic mass is 10.0. The molecule has 7 nitrogen and oxygen atoms in total. The first-order valence-electron chi connectivity index (χ1n) is 10.1. The molecule has 2 amide bonds. The van der Waals surface area contributed by atoms with E-state index in [-0.39, 0.29) is 44.0 Å². The van der Waals surface area contributed by atoms with E-state index in [2.05, 4.69) is 5.32 Å². The van der Waals surface area contributed by atoms with Crippen LogP contribution >= 0.6 is 0 Å². The van der Waals surface area contributed by atoms with Crippen molar-refractivity contribution in [1.29, 1.82) is 0 Å².